The van der Waals surface area contributed by atoms with Crippen molar-refractivity contribution in [2.45, 2.75) is 26.9 Å². The van der Waals surface area contributed by atoms with Crippen molar-refractivity contribution in [3.63, 3.8) is 0 Å². The van der Waals surface area contributed by atoms with Crippen LogP contribution >= 0.6 is 0 Å². The summed E-state index contributed by atoms with van der Waals surface area (Å²) < 4.78 is 0. The maximum absolute atomic E-state index is 9.00. The molecule has 1 unspecified atom stereocenters. The SMILES string of the molecule is CC(=O)O.CC(C)=C(O)C(O)CO. The molecule has 0 spiro atoms. The molecule has 0 aliphatic carbocycles. The molecule has 0 rings (SSSR count). The summed E-state index contributed by atoms with van der Waals surface area (Å²) in [5.41, 5.74) is 0.622. The molecule has 0 bridgehead atoms. The maximum atomic E-state index is 9.00. The fourth-order valence-corrected chi connectivity index (χ4v) is 0.420. The van der Waals surface area contributed by atoms with Crippen molar-refractivity contribution in [3.05, 3.63) is 11.3 Å². The van der Waals surface area contributed by atoms with Gasteiger partial charge in [-0.05, 0) is 19.4 Å². The van der Waals surface area contributed by atoms with Crippen molar-refractivity contribution in [2.75, 3.05) is 6.61 Å². The predicted octanol–water partition coefficient (Wildman–Crippen LogP) is 0.282. The highest BCUT2D eigenvalue weighted by Crippen LogP contribution is 2.03. The molecule has 0 saturated heterocycles. The van der Waals surface area contributed by atoms with Gasteiger partial charge in [-0.3, -0.25) is 4.79 Å². The van der Waals surface area contributed by atoms with Crippen LogP contribution in [0.15, 0.2) is 11.3 Å². The van der Waals surface area contributed by atoms with Crippen LogP contribution in [-0.2, 0) is 4.79 Å². The van der Waals surface area contributed by atoms with E-state index in [0.717, 1.165) is 6.92 Å². The summed E-state index contributed by atoms with van der Waals surface area (Å²) in [7, 11) is 0. The minimum Gasteiger partial charge on any atom is -0.510 e. The van der Waals surface area contributed by atoms with Gasteiger partial charge in [-0.15, -0.1) is 0 Å². The maximum Gasteiger partial charge on any atom is 0.300 e. The van der Waals surface area contributed by atoms with Crippen LogP contribution in [0.3, 0.4) is 0 Å². The summed E-state index contributed by atoms with van der Waals surface area (Å²) in [5.74, 6) is -0.975. The Balaban J connectivity index is 0. The van der Waals surface area contributed by atoms with E-state index in [2.05, 4.69) is 0 Å². The molecule has 13 heavy (non-hydrogen) atoms. The zero-order chi connectivity index (χ0) is 11.0. The first kappa shape index (κ1) is 14.5. The lowest BCUT2D eigenvalue weighted by Gasteiger charge is -2.06. The summed E-state index contributed by atoms with van der Waals surface area (Å²) in [6, 6.07) is 0. The smallest absolute Gasteiger partial charge is 0.300 e. The fourth-order valence-electron chi connectivity index (χ4n) is 0.420. The number of carboxylic acids is 1. The number of rotatable bonds is 2. The first-order valence-electron chi connectivity index (χ1n) is 3.67. The topological polar surface area (TPSA) is 98.0 Å². The Kier molecular flexibility index (Phi) is 8.42. The number of hydrogen-bond donors (Lipinski definition) is 4. The summed E-state index contributed by atoms with van der Waals surface area (Å²) in [6.07, 6.45) is -1.12. The Bertz CT molecular complexity index is 177. The van der Waals surface area contributed by atoms with E-state index < -0.39 is 18.7 Å². The van der Waals surface area contributed by atoms with E-state index in [9.17, 15) is 0 Å². The van der Waals surface area contributed by atoms with Crippen molar-refractivity contribution in [1.82, 2.24) is 0 Å². The number of allylic oxidation sites excluding steroid dienone is 1. The molecule has 0 aromatic rings. The van der Waals surface area contributed by atoms with Crippen LogP contribution in [0.1, 0.15) is 20.8 Å². The molecule has 0 fully saturated rings. The summed E-state index contributed by atoms with van der Waals surface area (Å²) in [4.78, 5) is 9.00. The number of aliphatic carboxylic acids is 1. The van der Waals surface area contributed by atoms with Gasteiger partial charge in [-0.2, -0.15) is 0 Å². The number of carbonyl (C=O) groups is 1. The fraction of sp³-hybridized carbons (Fsp3) is 0.625. The molecule has 78 valence electrons. The van der Waals surface area contributed by atoms with Gasteiger partial charge in [0, 0.05) is 6.92 Å². The predicted molar refractivity (Wildman–Crippen MR) is 47.4 cm³/mol. The second kappa shape index (κ2) is 7.57. The van der Waals surface area contributed by atoms with E-state index in [4.69, 9.17) is 25.2 Å². The van der Waals surface area contributed by atoms with Crippen LogP contribution in [0.2, 0.25) is 0 Å². The minimum atomic E-state index is -1.12. The Morgan fingerprint density at radius 3 is 1.62 bits per heavy atom. The van der Waals surface area contributed by atoms with Crippen LogP contribution in [0, 0.1) is 0 Å². The number of aliphatic hydroxyl groups is 3. The zero-order valence-electron chi connectivity index (χ0n) is 7.98. The van der Waals surface area contributed by atoms with E-state index in [1.807, 2.05) is 0 Å². The molecule has 0 radical (unpaired) electrons. The molecule has 5 heteroatoms. The van der Waals surface area contributed by atoms with Gasteiger partial charge in [0.15, 0.2) is 0 Å². The average Bonchev–Trinajstić information content (AvgIpc) is 2.00. The molecule has 1 atom stereocenters. The quantitative estimate of drug-likeness (QED) is 0.471. The normalized spacial score (nSPS) is 10.8. The standard InChI is InChI=1S/C6H12O3.C2H4O2/c1-4(2)6(9)5(8)3-7;1-2(3)4/h5,7-9H,3H2,1-2H3;1H3,(H,3,4). The Labute approximate surface area is 76.9 Å². The highest BCUT2D eigenvalue weighted by Gasteiger charge is 2.07. The average molecular weight is 192 g/mol. The third kappa shape index (κ3) is 10.9. The summed E-state index contributed by atoms with van der Waals surface area (Å²) >= 11 is 0. The van der Waals surface area contributed by atoms with E-state index in [1.54, 1.807) is 13.8 Å². The Hall–Kier alpha value is -1.07. The molecule has 0 aromatic heterocycles. The third-order valence-corrected chi connectivity index (χ3v) is 1.00. The molecular weight excluding hydrogens is 176 g/mol. The van der Waals surface area contributed by atoms with Crippen molar-refractivity contribution in [3.8, 4) is 0 Å². The van der Waals surface area contributed by atoms with Crippen LogP contribution < -0.4 is 0 Å². The van der Waals surface area contributed by atoms with Gasteiger partial charge < -0.3 is 20.4 Å². The molecular formula is C8H16O5. The lowest BCUT2D eigenvalue weighted by atomic mass is 10.2. The van der Waals surface area contributed by atoms with Crippen LogP contribution in [0.5, 0.6) is 0 Å². The van der Waals surface area contributed by atoms with Gasteiger partial charge in [0.25, 0.3) is 5.97 Å². The van der Waals surface area contributed by atoms with Gasteiger partial charge >= 0.3 is 0 Å². The number of aliphatic hydroxyl groups excluding tert-OH is 3. The second-order valence-corrected chi connectivity index (χ2v) is 2.60. The highest BCUT2D eigenvalue weighted by atomic mass is 16.4. The highest BCUT2D eigenvalue weighted by molar-refractivity contribution is 5.62. The van der Waals surface area contributed by atoms with Crippen LogP contribution in [-0.4, -0.2) is 39.1 Å². The van der Waals surface area contributed by atoms with Crippen LogP contribution in [0.4, 0.5) is 0 Å². The first-order chi connectivity index (χ1) is 5.82. The van der Waals surface area contributed by atoms with E-state index >= 15 is 0 Å². The van der Waals surface area contributed by atoms with Crippen LogP contribution in [0.25, 0.3) is 0 Å². The largest absolute Gasteiger partial charge is 0.510 e. The summed E-state index contributed by atoms with van der Waals surface area (Å²) in [6.45, 7) is 3.97. The lowest BCUT2D eigenvalue weighted by molar-refractivity contribution is -0.134. The Morgan fingerprint density at radius 2 is 1.54 bits per heavy atom. The van der Waals surface area contributed by atoms with Crippen molar-refractivity contribution >= 4 is 5.97 Å². The Morgan fingerprint density at radius 1 is 1.23 bits per heavy atom. The molecule has 0 saturated carbocycles. The molecule has 0 aliphatic heterocycles. The zero-order valence-corrected chi connectivity index (χ0v) is 7.98. The number of hydrogen-bond acceptors (Lipinski definition) is 4. The van der Waals surface area contributed by atoms with Gasteiger partial charge in [0.2, 0.25) is 0 Å². The second-order valence-electron chi connectivity index (χ2n) is 2.60. The van der Waals surface area contributed by atoms with Crippen molar-refractivity contribution in [2.24, 2.45) is 0 Å². The number of carboxylic acid groups (broad SMARTS) is 1. The molecule has 0 aliphatic rings. The molecule has 0 aromatic carbocycles. The molecule has 4 N–H and O–H groups in total. The van der Waals surface area contributed by atoms with Crippen molar-refractivity contribution < 1.29 is 25.2 Å². The van der Waals surface area contributed by atoms with Gasteiger partial charge in [-0.25, -0.2) is 0 Å². The molecule has 0 heterocycles. The molecule has 0 amide bonds. The minimum absolute atomic E-state index is 0.141. The van der Waals surface area contributed by atoms with Crippen molar-refractivity contribution in [1.29, 1.82) is 0 Å². The summed E-state index contributed by atoms with van der Waals surface area (Å²) in [5, 5.41) is 33.3. The van der Waals surface area contributed by atoms with Gasteiger partial charge in [-0.1, -0.05) is 0 Å². The van der Waals surface area contributed by atoms with Gasteiger partial charge in [0.05, 0.1) is 6.61 Å². The monoisotopic (exact) mass is 192 g/mol. The van der Waals surface area contributed by atoms with E-state index in [1.165, 1.54) is 0 Å². The lowest BCUT2D eigenvalue weighted by Crippen LogP contribution is -2.15. The third-order valence-electron chi connectivity index (χ3n) is 1.00. The first-order valence-corrected chi connectivity index (χ1v) is 3.67. The molecule has 5 nitrogen and oxygen atoms in total. The van der Waals surface area contributed by atoms with E-state index in [-0.39, 0.29) is 5.76 Å². The van der Waals surface area contributed by atoms with Gasteiger partial charge in [0.1, 0.15) is 11.9 Å². The van der Waals surface area contributed by atoms with E-state index in [0.29, 0.717) is 5.57 Å².